The minimum atomic E-state index is 0.666. The molecule has 11 aromatic rings. The summed E-state index contributed by atoms with van der Waals surface area (Å²) in [7, 11) is 0. The maximum Gasteiger partial charge on any atom is 0.235 e. The Labute approximate surface area is 299 Å². The van der Waals surface area contributed by atoms with Crippen LogP contribution in [0, 0.1) is 0 Å². The van der Waals surface area contributed by atoms with Crippen LogP contribution in [0.5, 0.6) is 0 Å². The fraction of sp³-hybridized carbons (Fsp3) is 0.0417. The Morgan fingerprint density at radius 3 is 1.90 bits per heavy atom. The highest BCUT2D eigenvalue weighted by molar-refractivity contribution is 6.22. The van der Waals surface area contributed by atoms with Gasteiger partial charge in [0.25, 0.3) is 0 Å². The van der Waals surface area contributed by atoms with Crippen molar-refractivity contribution >= 4 is 76.1 Å². The molecule has 0 saturated heterocycles. The van der Waals surface area contributed by atoms with Gasteiger partial charge in [-0.15, -0.1) is 0 Å². The molecule has 0 N–H and O–H groups in total. The molecule has 0 aliphatic rings. The minimum Gasteiger partial charge on any atom is -0.341 e. The number of benzene rings is 8. The fourth-order valence-corrected chi connectivity index (χ4v) is 8.63. The van der Waals surface area contributed by atoms with Crippen LogP contribution in [0.1, 0.15) is 6.92 Å². The van der Waals surface area contributed by atoms with E-state index in [0.717, 1.165) is 39.7 Å². The molecule has 8 aromatic carbocycles. The van der Waals surface area contributed by atoms with Gasteiger partial charge >= 0.3 is 0 Å². The van der Waals surface area contributed by atoms with Crippen molar-refractivity contribution in [1.29, 1.82) is 0 Å². The van der Waals surface area contributed by atoms with E-state index < -0.39 is 0 Å². The molecule has 0 spiro atoms. The maximum atomic E-state index is 5.47. The Bertz CT molecular complexity index is 3230. The predicted molar refractivity (Wildman–Crippen MR) is 218 cm³/mol. The zero-order chi connectivity index (χ0) is 34.3. The van der Waals surface area contributed by atoms with Crippen molar-refractivity contribution in [1.82, 2.24) is 19.1 Å². The number of para-hydroxylation sites is 3. The van der Waals surface area contributed by atoms with Crippen molar-refractivity contribution in [3.8, 4) is 28.3 Å². The minimum absolute atomic E-state index is 0.666. The van der Waals surface area contributed by atoms with Crippen LogP contribution in [-0.2, 0) is 6.54 Å². The summed E-state index contributed by atoms with van der Waals surface area (Å²) in [6, 6.07) is 59.0. The predicted octanol–water partition coefficient (Wildman–Crippen LogP) is 12.5. The van der Waals surface area contributed by atoms with Gasteiger partial charge in [0.2, 0.25) is 5.95 Å². The molecule has 0 atom stereocenters. The van der Waals surface area contributed by atoms with Crippen LogP contribution in [0.15, 0.2) is 164 Å². The SMILES string of the molecule is CCn1c2ccccc2c2cc(-c3cc4c5ccccc5n(-c5nc(-c6cccc7ccccc67)c6ccccc6n5)c4c4ccccc34)ccc21. The lowest BCUT2D eigenvalue weighted by atomic mass is 9.94. The van der Waals surface area contributed by atoms with Gasteiger partial charge in [-0.3, -0.25) is 4.57 Å². The van der Waals surface area contributed by atoms with Gasteiger partial charge in [-0.05, 0) is 70.6 Å². The van der Waals surface area contributed by atoms with Gasteiger partial charge in [-0.25, -0.2) is 9.97 Å². The highest BCUT2D eigenvalue weighted by Crippen LogP contribution is 2.43. The molecule has 0 amide bonds. The second-order valence-electron chi connectivity index (χ2n) is 13.6. The molecule has 0 bridgehead atoms. The number of nitrogens with zero attached hydrogens (tertiary/aromatic N) is 4. The van der Waals surface area contributed by atoms with E-state index >= 15 is 0 Å². The van der Waals surface area contributed by atoms with E-state index in [1.54, 1.807) is 0 Å². The molecular formula is C48H32N4. The highest BCUT2D eigenvalue weighted by atomic mass is 15.2. The Hall–Kier alpha value is -6.78. The summed E-state index contributed by atoms with van der Waals surface area (Å²) in [6.45, 7) is 3.15. The fourth-order valence-electron chi connectivity index (χ4n) is 8.63. The molecule has 0 saturated carbocycles. The first-order chi connectivity index (χ1) is 25.8. The normalized spacial score (nSPS) is 12.0. The largest absolute Gasteiger partial charge is 0.341 e. The third kappa shape index (κ3) is 4.09. The molecule has 11 rings (SSSR count). The van der Waals surface area contributed by atoms with E-state index in [0.29, 0.717) is 5.95 Å². The van der Waals surface area contributed by atoms with E-state index in [4.69, 9.17) is 9.97 Å². The van der Waals surface area contributed by atoms with E-state index in [9.17, 15) is 0 Å². The Morgan fingerprint density at radius 1 is 0.442 bits per heavy atom. The topological polar surface area (TPSA) is 35.6 Å². The highest BCUT2D eigenvalue weighted by Gasteiger charge is 2.22. The first kappa shape index (κ1) is 29.0. The molecule has 3 aromatic heterocycles. The van der Waals surface area contributed by atoms with Crippen LogP contribution >= 0.6 is 0 Å². The standard InChI is InChI=1S/C48H32N4/c1-2-51-43-24-11-8-18-34(43)40-28-31(26-27-44(40)51)39-29-41-35-19-9-12-25-45(35)52(47(41)37-20-6-5-17-33(37)39)48-49-42-23-10-7-21-38(42)46(50-48)36-22-13-15-30-14-3-4-16-32(30)36/h3-29H,2H2,1H3. The lowest BCUT2D eigenvalue weighted by Gasteiger charge is -2.15. The number of rotatable bonds is 4. The quantitative estimate of drug-likeness (QED) is 0.188. The number of fused-ring (bicyclic) bond motifs is 10. The summed E-state index contributed by atoms with van der Waals surface area (Å²) in [6.07, 6.45) is 0. The first-order valence-corrected chi connectivity index (χ1v) is 18.0. The van der Waals surface area contributed by atoms with Crippen molar-refractivity contribution in [3.63, 3.8) is 0 Å². The Kier molecular flexibility index (Phi) is 6.20. The van der Waals surface area contributed by atoms with E-state index in [-0.39, 0.29) is 0 Å². The van der Waals surface area contributed by atoms with Gasteiger partial charge in [-0.2, -0.15) is 0 Å². The van der Waals surface area contributed by atoms with Crippen molar-refractivity contribution in [2.45, 2.75) is 13.5 Å². The smallest absolute Gasteiger partial charge is 0.235 e. The lowest BCUT2D eigenvalue weighted by molar-refractivity contribution is 0.827. The van der Waals surface area contributed by atoms with Crippen LogP contribution in [0.25, 0.3) is 104 Å². The van der Waals surface area contributed by atoms with Crippen molar-refractivity contribution < 1.29 is 0 Å². The molecule has 4 nitrogen and oxygen atoms in total. The van der Waals surface area contributed by atoms with Gasteiger partial charge < -0.3 is 4.57 Å². The zero-order valence-electron chi connectivity index (χ0n) is 28.6. The number of hydrogen-bond donors (Lipinski definition) is 0. The van der Waals surface area contributed by atoms with Crippen LogP contribution in [0.4, 0.5) is 0 Å². The lowest BCUT2D eigenvalue weighted by Crippen LogP contribution is -2.04. The average Bonchev–Trinajstić information content (AvgIpc) is 3.72. The summed E-state index contributed by atoms with van der Waals surface area (Å²) >= 11 is 0. The van der Waals surface area contributed by atoms with Gasteiger partial charge in [-0.1, -0.05) is 127 Å². The number of aryl methyl sites for hydroxylation is 1. The first-order valence-electron chi connectivity index (χ1n) is 18.0. The maximum absolute atomic E-state index is 5.47. The molecule has 4 heteroatoms. The summed E-state index contributed by atoms with van der Waals surface area (Å²) < 4.78 is 4.70. The second kappa shape index (κ2) is 11.1. The average molecular weight is 665 g/mol. The van der Waals surface area contributed by atoms with Gasteiger partial charge in [0.05, 0.1) is 22.2 Å². The Morgan fingerprint density at radius 2 is 1.08 bits per heavy atom. The zero-order valence-corrected chi connectivity index (χ0v) is 28.6. The third-order valence-electron chi connectivity index (χ3n) is 10.9. The molecule has 0 unspecified atom stereocenters. The molecule has 0 radical (unpaired) electrons. The molecule has 0 aliphatic heterocycles. The molecule has 52 heavy (non-hydrogen) atoms. The third-order valence-corrected chi connectivity index (χ3v) is 10.9. The molecule has 244 valence electrons. The summed E-state index contributed by atoms with van der Waals surface area (Å²) in [5.74, 6) is 0.666. The summed E-state index contributed by atoms with van der Waals surface area (Å²) in [5, 5.41) is 10.7. The van der Waals surface area contributed by atoms with Crippen molar-refractivity contribution in [3.05, 3.63) is 164 Å². The van der Waals surface area contributed by atoms with Gasteiger partial charge in [0, 0.05) is 55.5 Å². The van der Waals surface area contributed by atoms with Crippen LogP contribution in [0.2, 0.25) is 0 Å². The van der Waals surface area contributed by atoms with Crippen molar-refractivity contribution in [2.75, 3.05) is 0 Å². The number of aromatic nitrogens is 4. The van der Waals surface area contributed by atoms with Crippen LogP contribution in [0.3, 0.4) is 0 Å². The molecular weight excluding hydrogens is 633 g/mol. The molecule has 0 fully saturated rings. The monoisotopic (exact) mass is 664 g/mol. The van der Waals surface area contributed by atoms with Gasteiger partial charge in [0.15, 0.2) is 0 Å². The van der Waals surface area contributed by atoms with E-state index in [2.05, 4.69) is 180 Å². The number of hydrogen-bond acceptors (Lipinski definition) is 2. The van der Waals surface area contributed by atoms with E-state index in [1.807, 2.05) is 0 Å². The van der Waals surface area contributed by atoms with Crippen LogP contribution < -0.4 is 0 Å². The van der Waals surface area contributed by atoms with E-state index in [1.165, 1.54) is 65.3 Å². The molecule has 3 heterocycles. The summed E-state index contributed by atoms with van der Waals surface area (Å²) in [5.41, 5.74) is 10.1. The van der Waals surface area contributed by atoms with Gasteiger partial charge in [0.1, 0.15) is 0 Å². The summed E-state index contributed by atoms with van der Waals surface area (Å²) in [4.78, 5) is 10.8. The Balaban J connectivity index is 1.23. The molecule has 0 aliphatic carbocycles. The second-order valence-corrected chi connectivity index (χ2v) is 13.6. The van der Waals surface area contributed by atoms with Crippen molar-refractivity contribution in [2.24, 2.45) is 0 Å². The van der Waals surface area contributed by atoms with Crippen LogP contribution in [-0.4, -0.2) is 19.1 Å².